The predicted octanol–water partition coefficient (Wildman–Crippen LogP) is 3.54. The van der Waals surface area contributed by atoms with Crippen LogP contribution in [-0.4, -0.2) is 70.5 Å². The summed E-state index contributed by atoms with van der Waals surface area (Å²) in [5.41, 5.74) is 4.37. The van der Waals surface area contributed by atoms with Crippen LogP contribution in [0, 0.1) is 12.3 Å². The van der Waals surface area contributed by atoms with E-state index >= 15 is 0 Å². The van der Waals surface area contributed by atoms with Gasteiger partial charge in [-0.3, -0.25) is 14.4 Å². The SMILES string of the molecule is CCCOCC(=O)N[C@H](C(=O)N1C[C@H](O)C[C@H]1C(=O)CCc1ccc(-c2scnc2C)cc1)C(C)(C)C. The molecular weight excluding hydrogens is 490 g/mol. The number of nitrogens with one attached hydrogen (secondary N) is 1. The van der Waals surface area contributed by atoms with E-state index in [1.807, 2.05) is 64.4 Å². The Morgan fingerprint density at radius 1 is 1.24 bits per heavy atom. The van der Waals surface area contributed by atoms with Crippen molar-refractivity contribution < 1.29 is 24.2 Å². The summed E-state index contributed by atoms with van der Waals surface area (Å²) in [6, 6.07) is 6.56. The van der Waals surface area contributed by atoms with Crippen LogP contribution in [0.2, 0.25) is 0 Å². The lowest BCUT2D eigenvalue weighted by molar-refractivity contribution is -0.144. The van der Waals surface area contributed by atoms with Crippen LogP contribution < -0.4 is 5.32 Å². The first-order chi connectivity index (χ1) is 17.5. The van der Waals surface area contributed by atoms with E-state index in [4.69, 9.17) is 4.74 Å². The first-order valence-electron chi connectivity index (χ1n) is 12.9. The number of ether oxygens (including phenoxy) is 1. The van der Waals surface area contributed by atoms with E-state index in [1.54, 1.807) is 11.3 Å². The molecule has 1 aromatic carbocycles. The van der Waals surface area contributed by atoms with Gasteiger partial charge in [0.2, 0.25) is 11.8 Å². The molecule has 1 aliphatic rings. The maximum absolute atomic E-state index is 13.6. The van der Waals surface area contributed by atoms with E-state index in [2.05, 4.69) is 10.3 Å². The molecule has 2 N–H and O–H groups in total. The second kappa shape index (κ2) is 12.8. The Balaban J connectivity index is 1.65. The van der Waals surface area contributed by atoms with Gasteiger partial charge in [-0.05, 0) is 36.3 Å². The molecule has 1 aliphatic heterocycles. The van der Waals surface area contributed by atoms with Crippen LogP contribution in [0.15, 0.2) is 29.8 Å². The molecule has 0 radical (unpaired) electrons. The molecule has 8 nitrogen and oxygen atoms in total. The molecule has 3 atom stereocenters. The second-order valence-corrected chi connectivity index (χ2v) is 11.6. The largest absolute Gasteiger partial charge is 0.391 e. The number of Topliss-reactive ketones (excluding diaryl/α,β-unsaturated/α-hetero) is 1. The van der Waals surface area contributed by atoms with E-state index in [-0.39, 0.29) is 43.6 Å². The lowest BCUT2D eigenvalue weighted by Crippen LogP contribution is -2.57. The summed E-state index contributed by atoms with van der Waals surface area (Å²) in [5, 5.41) is 13.1. The monoisotopic (exact) mass is 529 g/mol. The zero-order valence-electron chi connectivity index (χ0n) is 22.5. The maximum Gasteiger partial charge on any atom is 0.246 e. The third-order valence-corrected chi connectivity index (χ3v) is 7.53. The molecule has 0 unspecified atom stereocenters. The lowest BCUT2D eigenvalue weighted by Gasteiger charge is -2.35. The number of thiazole rings is 1. The number of hydrogen-bond acceptors (Lipinski definition) is 7. The van der Waals surface area contributed by atoms with Gasteiger partial charge in [0.1, 0.15) is 12.6 Å². The number of carbonyl (C=O) groups excluding carboxylic acids is 3. The summed E-state index contributed by atoms with van der Waals surface area (Å²) in [6.45, 7) is 9.94. The third-order valence-electron chi connectivity index (χ3n) is 6.56. The first kappa shape index (κ1) is 28.9. The standard InChI is InChI=1S/C28H39N3O5S/c1-6-13-36-16-24(34)30-26(28(3,4)5)27(35)31-15-21(32)14-22(31)23(33)12-9-19-7-10-20(11-8-19)25-18(2)29-17-37-25/h7-8,10-11,17,21-22,26,32H,6,9,12-16H2,1-5H3,(H,30,34)/t21-,22+,26-/m1/s1. The van der Waals surface area contributed by atoms with Gasteiger partial charge in [-0.1, -0.05) is 52.0 Å². The number of carbonyl (C=O) groups is 3. The smallest absolute Gasteiger partial charge is 0.246 e. The van der Waals surface area contributed by atoms with Crippen LogP contribution in [-0.2, 0) is 25.5 Å². The Bertz CT molecular complexity index is 1080. The Morgan fingerprint density at radius 2 is 1.95 bits per heavy atom. The molecule has 9 heteroatoms. The van der Waals surface area contributed by atoms with Gasteiger partial charge in [-0.15, -0.1) is 11.3 Å². The fraction of sp³-hybridized carbons (Fsp3) is 0.571. The summed E-state index contributed by atoms with van der Waals surface area (Å²) in [6.07, 6.45) is 1.03. The third kappa shape index (κ3) is 7.69. The van der Waals surface area contributed by atoms with Crippen LogP contribution in [0.4, 0.5) is 0 Å². The summed E-state index contributed by atoms with van der Waals surface area (Å²) in [4.78, 5) is 46.1. The highest BCUT2D eigenvalue weighted by Crippen LogP contribution is 2.29. The van der Waals surface area contributed by atoms with Crippen molar-refractivity contribution in [1.29, 1.82) is 0 Å². The van der Waals surface area contributed by atoms with Crippen LogP contribution in [0.5, 0.6) is 0 Å². The summed E-state index contributed by atoms with van der Waals surface area (Å²) in [5.74, 6) is -0.811. The molecular formula is C28H39N3O5S. The van der Waals surface area contributed by atoms with Crippen molar-refractivity contribution in [3.63, 3.8) is 0 Å². The van der Waals surface area contributed by atoms with E-state index in [0.717, 1.165) is 28.1 Å². The van der Waals surface area contributed by atoms with Gasteiger partial charge in [0.15, 0.2) is 5.78 Å². The van der Waals surface area contributed by atoms with Crippen molar-refractivity contribution in [2.24, 2.45) is 5.41 Å². The van der Waals surface area contributed by atoms with Crippen molar-refractivity contribution in [2.45, 2.75) is 78.5 Å². The zero-order valence-corrected chi connectivity index (χ0v) is 23.3. The van der Waals surface area contributed by atoms with E-state index in [9.17, 15) is 19.5 Å². The summed E-state index contributed by atoms with van der Waals surface area (Å²) < 4.78 is 5.31. The normalized spacial score (nSPS) is 18.6. The minimum absolute atomic E-state index is 0.0763. The number of aryl methyl sites for hydroxylation is 2. The minimum Gasteiger partial charge on any atom is -0.391 e. The number of aliphatic hydroxyl groups excluding tert-OH is 1. The summed E-state index contributed by atoms with van der Waals surface area (Å²) >= 11 is 1.60. The Morgan fingerprint density at radius 3 is 2.54 bits per heavy atom. The molecule has 0 saturated carbocycles. The second-order valence-electron chi connectivity index (χ2n) is 10.7. The number of rotatable bonds is 11. The Kier molecular flexibility index (Phi) is 9.98. The fourth-order valence-electron chi connectivity index (χ4n) is 4.52. The predicted molar refractivity (Wildman–Crippen MR) is 144 cm³/mol. The van der Waals surface area contributed by atoms with Crippen LogP contribution in [0.3, 0.4) is 0 Å². The molecule has 2 heterocycles. The topological polar surface area (TPSA) is 109 Å². The molecule has 0 aliphatic carbocycles. The highest BCUT2D eigenvalue weighted by molar-refractivity contribution is 7.13. The molecule has 0 spiro atoms. The van der Waals surface area contributed by atoms with Gasteiger partial charge in [-0.25, -0.2) is 4.98 Å². The average molecular weight is 530 g/mol. The van der Waals surface area contributed by atoms with Gasteiger partial charge in [0, 0.05) is 26.0 Å². The Labute approximate surface area is 223 Å². The zero-order chi connectivity index (χ0) is 27.2. The van der Waals surface area contributed by atoms with Crippen molar-refractivity contribution in [3.05, 3.63) is 41.0 Å². The maximum atomic E-state index is 13.6. The van der Waals surface area contributed by atoms with Gasteiger partial charge in [0.25, 0.3) is 0 Å². The quantitative estimate of drug-likeness (QED) is 0.431. The fourth-order valence-corrected chi connectivity index (χ4v) is 5.34. The van der Waals surface area contributed by atoms with Crippen molar-refractivity contribution in [2.75, 3.05) is 19.8 Å². The minimum atomic E-state index is -0.839. The first-order valence-corrected chi connectivity index (χ1v) is 13.8. The number of nitrogens with zero attached hydrogens (tertiary/aromatic N) is 2. The number of β-amino-alcohol motifs (C(OH)–C–C–N with tert-alkyl or cyclic N) is 1. The summed E-state index contributed by atoms with van der Waals surface area (Å²) in [7, 11) is 0. The number of benzene rings is 1. The highest BCUT2D eigenvalue weighted by Gasteiger charge is 2.44. The number of aliphatic hydroxyl groups is 1. The number of ketones is 1. The number of aromatic nitrogens is 1. The molecule has 37 heavy (non-hydrogen) atoms. The van der Waals surface area contributed by atoms with Gasteiger partial charge in [0.05, 0.1) is 28.2 Å². The molecule has 0 bridgehead atoms. The number of amides is 2. The molecule has 202 valence electrons. The van der Waals surface area contributed by atoms with Crippen molar-refractivity contribution in [3.8, 4) is 10.4 Å². The number of likely N-dealkylation sites (tertiary alicyclic amines) is 1. The van der Waals surface area contributed by atoms with Crippen LogP contribution in [0.25, 0.3) is 10.4 Å². The molecule has 2 aromatic rings. The number of hydrogen-bond donors (Lipinski definition) is 2. The highest BCUT2D eigenvalue weighted by atomic mass is 32.1. The van der Waals surface area contributed by atoms with Crippen LogP contribution >= 0.6 is 11.3 Å². The van der Waals surface area contributed by atoms with Gasteiger partial charge in [-0.2, -0.15) is 0 Å². The van der Waals surface area contributed by atoms with Gasteiger partial charge >= 0.3 is 0 Å². The molecule has 3 rings (SSSR count). The van der Waals surface area contributed by atoms with E-state index in [1.165, 1.54) is 4.90 Å². The molecule has 1 saturated heterocycles. The Hall–Kier alpha value is -2.62. The van der Waals surface area contributed by atoms with Crippen molar-refractivity contribution in [1.82, 2.24) is 15.2 Å². The van der Waals surface area contributed by atoms with Crippen LogP contribution in [0.1, 0.15) is 58.2 Å². The van der Waals surface area contributed by atoms with Crippen molar-refractivity contribution >= 4 is 28.9 Å². The molecule has 1 fully saturated rings. The lowest BCUT2D eigenvalue weighted by atomic mass is 9.85. The van der Waals surface area contributed by atoms with Gasteiger partial charge < -0.3 is 20.1 Å². The van der Waals surface area contributed by atoms with E-state index in [0.29, 0.717) is 13.0 Å². The van der Waals surface area contributed by atoms with E-state index < -0.39 is 23.6 Å². The molecule has 1 aromatic heterocycles. The molecule has 2 amide bonds. The average Bonchev–Trinajstić information content (AvgIpc) is 3.46.